The van der Waals surface area contributed by atoms with Crippen LogP contribution in [0.1, 0.15) is 23.2 Å². The quantitative estimate of drug-likeness (QED) is 0.262. The van der Waals surface area contributed by atoms with E-state index in [9.17, 15) is 22.4 Å². The van der Waals surface area contributed by atoms with Crippen LogP contribution in [0.3, 0.4) is 0 Å². The lowest BCUT2D eigenvalue weighted by atomic mass is 9.89. The number of halogens is 1. The van der Waals surface area contributed by atoms with Crippen molar-refractivity contribution >= 4 is 34.0 Å². The summed E-state index contributed by atoms with van der Waals surface area (Å²) < 4.78 is 63.1. The van der Waals surface area contributed by atoms with Gasteiger partial charge in [0.05, 0.1) is 50.9 Å². The fraction of sp³-hybridized carbons (Fsp3) is 0.500. The maximum absolute atomic E-state index is 13.6. The van der Waals surface area contributed by atoms with Gasteiger partial charge in [0.1, 0.15) is 23.6 Å². The number of amides is 2. The van der Waals surface area contributed by atoms with Crippen molar-refractivity contribution in [3.8, 4) is 11.3 Å². The first-order valence-electron chi connectivity index (χ1n) is 13.4. The minimum absolute atomic E-state index is 0.113. The zero-order valence-corrected chi connectivity index (χ0v) is 24.0. The predicted octanol–water partition coefficient (Wildman–Crippen LogP) is 0.211. The molecule has 2 aliphatic carbocycles. The van der Waals surface area contributed by atoms with Gasteiger partial charge in [-0.1, -0.05) is 6.08 Å². The summed E-state index contributed by atoms with van der Waals surface area (Å²) in [6.45, 7) is 1.11. The summed E-state index contributed by atoms with van der Waals surface area (Å²) in [5.74, 6) is -0.910. The van der Waals surface area contributed by atoms with E-state index in [2.05, 4.69) is 5.32 Å². The first-order valence-corrected chi connectivity index (χ1v) is 15.3. The molecule has 1 fully saturated rings. The van der Waals surface area contributed by atoms with Crippen LogP contribution in [0.25, 0.3) is 23.5 Å². The Morgan fingerprint density at radius 2 is 1.68 bits per heavy atom. The number of carbonyl (C=O) groups excluding carboxylic acids is 2. The van der Waals surface area contributed by atoms with E-state index in [0.717, 1.165) is 19.1 Å². The summed E-state index contributed by atoms with van der Waals surface area (Å²) >= 11 is 0. The van der Waals surface area contributed by atoms with Crippen LogP contribution in [-0.4, -0.2) is 90.1 Å². The highest BCUT2D eigenvalue weighted by Crippen LogP contribution is 2.42. The van der Waals surface area contributed by atoms with Crippen LogP contribution in [-0.2, 0) is 29.0 Å². The number of rotatable bonds is 16. The molecule has 13 heteroatoms. The summed E-state index contributed by atoms with van der Waals surface area (Å²) in [6, 6.07) is 5.14. The third-order valence-electron chi connectivity index (χ3n) is 6.98. The molecule has 0 aliphatic heterocycles. The standard InChI is InChI=1S/C28H36FN3O8S/c1-31-28(34)26-22-15-21(18-3-4-18)23(16-24(22)40-27(26)19-5-7-20(29)8-6-19)32(41(2,35)36)9-10-37-11-12-38-13-14-39-17-25(30)33/h5-8,15-16,18,21,23H,3-4,9-14,17H2,1-2H3,(H2,30,33)(H,31,34). The Hall–Kier alpha value is -3.10. The second-order valence-corrected chi connectivity index (χ2v) is 12.0. The number of hydrogen-bond donors (Lipinski definition) is 2. The van der Waals surface area contributed by atoms with E-state index in [4.69, 9.17) is 24.4 Å². The lowest BCUT2D eigenvalue weighted by Crippen LogP contribution is -2.49. The molecular formula is C28H36FN3O8S. The number of benzene rings is 1. The highest BCUT2D eigenvalue weighted by atomic mass is 32.2. The summed E-state index contributed by atoms with van der Waals surface area (Å²) in [6.07, 6.45) is 6.79. The molecule has 2 amide bonds. The Morgan fingerprint density at radius 1 is 1.05 bits per heavy atom. The Bertz CT molecular complexity index is 1450. The average molecular weight is 594 g/mol. The van der Waals surface area contributed by atoms with Crippen molar-refractivity contribution in [2.24, 2.45) is 17.6 Å². The van der Waals surface area contributed by atoms with Gasteiger partial charge in [-0.3, -0.25) is 9.59 Å². The molecule has 3 N–H and O–H groups in total. The molecule has 41 heavy (non-hydrogen) atoms. The molecule has 2 aliphatic rings. The first-order chi connectivity index (χ1) is 19.6. The Morgan fingerprint density at radius 3 is 2.27 bits per heavy atom. The monoisotopic (exact) mass is 593 g/mol. The third-order valence-corrected chi connectivity index (χ3v) is 8.26. The van der Waals surface area contributed by atoms with Crippen LogP contribution in [0.5, 0.6) is 0 Å². The number of furan rings is 1. The van der Waals surface area contributed by atoms with E-state index in [1.807, 2.05) is 6.08 Å². The smallest absolute Gasteiger partial charge is 0.255 e. The lowest BCUT2D eigenvalue weighted by molar-refractivity contribution is -0.123. The number of sulfonamides is 1. The van der Waals surface area contributed by atoms with E-state index in [1.165, 1.54) is 23.5 Å². The van der Waals surface area contributed by atoms with Gasteiger partial charge in [-0.15, -0.1) is 0 Å². The topological polar surface area (TPSA) is 150 Å². The molecule has 11 nitrogen and oxygen atoms in total. The van der Waals surface area contributed by atoms with Gasteiger partial charge in [0.25, 0.3) is 5.91 Å². The zero-order valence-electron chi connectivity index (χ0n) is 23.1. The molecule has 4 rings (SSSR count). The number of nitrogens with one attached hydrogen (secondary N) is 1. The maximum Gasteiger partial charge on any atom is 0.255 e. The zero-order chi connectivity index (χ0) is 29.6. The number of nitrogens with two attached hydrogens (primary N) is 1. The van der Waals surface area contributed by atoms with Crippen LogP contribution in [0.4, 0.5) is 4.39 Å². The number of primary amides is 1. The van der Waals surface area contributed by atoms with Crippen LogP contribution in [0.15, 0.2) is 28.7 Å². The highest BCUT2D eigenvalue weighted by Gasteiger charge is 2.41. The molecular weight excluding hydrogens is 557 g/mol. The normalized spacial score (nSPS) is 18.4. The van der Waals surface area contributed by atoms with E-state index < -0.39 is 27.8 Å². The largest absolute Gasteiger partial charge is 0.456 e. The Balaban J connectivity index is 1.52. The van der Waals surface area contributed by atoms with Crippen molar-refractivity contribution in [1.82, 2.24) is 9.62 Å². The number of hydrogen-bond acceptors (Lipinski definition) is 8. The second kappa shape index (κ2) is 13.7. The summed E-state index contributed by atoms with van der Waals surface area (Å²) in [5.41, 5.74) is 6.26. The molecule has 1 saturated carbocycles. The minimum atomic E-state index is -3.65. The molecule has 1 aromatic heterocycles. The van der Waals surface area contributed by atoms with Crippen molar-refractivity contribution in [3.63, 3.8) is 0 Å². The van der Waals surface area contributed by atoms with Crippen LogP contribution < -0.4 is 21.7 Å². The van der Waals surface area contributed by atoms with E-state index in [0.29, 0.717) is 27.5 Å². The fourth-order valence-electron chi connectivity index (χ4n) is 4.94. The van der Waals surface area contributed by atoms with Crippen LogP contribution in [0.2, 0.25) is 0 Å². The molecule has 0 bridgehead atoms. The van der Waals surface area contributed by atoms with Gasteiger partial charge in [-0.25, -0.2) is 12.8 Å². The molecule has 224 valence electrons. The van der Waals surface area contributed by atoms with Gasteiger partial charge < -0.3 is 29.7 Å². The maximum atomic E-state index is 13.6. The van der Waals surface area contributed by atoms with Crippen molar-refractivity contribution in [3.05, 3.63) is 46.3 Å². The lowest BCUT2D eigenvalue weighted by Gasteiger charge is -2.33. The molecule has 0 saturated heterocycles. The average Bonchev–Trinajstić information content (AvgIpc) is 3.70. The second-order valence-electron chi connectivity index (χ2n) is 10.0. The molecule has 0 spiro atoms. The highest BCUT2D eigenvalue weighted by molar-refractivity contribution is 7.88. The van der Waals surface area contributed by atoms with Gasteiger partial charge in [-0.2, -0.15) is 4.31 Å². The van der Waals surface area contributed by atoms with Gasteiger partial charge in [0.15, 0.2) is 0 Å². The summed E-state index contributed by atoms with van der Waals surface area (Å²) in [5, 5.41) is 3.26. The molecule has 1 aromatic carbocycles. The fourth-order valence-corrected chi connectivity index (χ4v) is 5.99. The first kappa shape index (κ1) is 30.8. The molecule has 1 heterocycles. The van der Waals surface area contributed by atoms with Gasteiger partial charge in [0, 0.05) is 30.3 Å². The molecule has 2 unspecified atom stereocenters. The number of fused-ring (bicyclic) bond motifs is 1. The van der Waals surface area contributed by atoms with Crippen molar-refractivity contribution < 1.29 is 41.0 Å². The van der Waals surface area contributed by atoms with Gasteiger partial charge in [0.2, 0.25) is 15.9 Å². The van der Waals surface area contributed by atoms with Gasteiger partial charge >= 0.3 is 0 Å². The van der Waals surface area contributed by atoms with Crippen LogP contribution in [0, 0.1) is 17.7 Å². The number of ether oxygens (including phenoxy) is 3. The van der Waals surface area contributed by atoms with Crippen molar-refractivity contribution in [2.75, 3.05) is 59.5 Å². The summed E-state index contributed by atoms with van der Waals surface area (Å²) in [4.78, 5) is 23.6. The van der Waals surface area contributed by atoms with Crippen molar-refractivity contribution in [1.29, 1.82) is 0 Å². The van der Waals surface area contributed by atoms with E-state index in [-0.39, 0.29) is 63.9 Å². The Labute approximate surface area is 238 Å². The molecule has 2 aromatic rings. The van der Waals surface area contributed by atoms with E-state index >= 15 is 0 Å². The minimum Gasteiger partial charge on any atom is -0.456 e. The third kappa shape index (κ3) is 8.01. The predicted molar refractivity (Wildman–Crippen MR) is 149 cm³/mol. The number of nitrogens with zero attached hydrogens (tertiary/aromatic N) is 1. The van der Waals surface area contributed by atoms with Gasteiger partial charge in [-0.05, 0) is 49.1 Å². The van der Waals surface area contributed by atoms with E-state index in [1.54, 1.807) is 18.2 Å². The summed E-state index contributed by atoms with van der Waals surface area (Å²) in [7, 11) is -2.12. The number of carbonyl (C=O) groups is 2. The van der Waals surface area contributed by atoms with Crippen LogP contribution >= 0.6 is 0 Å². The Kier molecular flexibility index (Phi) is 10.3. The SMILES string of the molecule is CNC(=O)c1c(-c2ccc(F)cc2)oc2c1=CC(C1CC1)C(N(CCOCCOCCOCC(N)=O)S(C)(=O)=O)C=2. The van der Waals surface area contributed by atoms with Crippen molar-refractivity contribution in [2.45, 2.75) is 18.9 Å². The molecule has 0 radical (unpaired) electrons. The molecule has 2 atom stereocenters.